The monoisotopic (exact) mass is 275 g/mol. The molecule has 1 rings (SSSR count). The fraction of sp³-hybridized carbons (Fsp3) is 1.00. The van der Waals surface area contributed by atoms with Gasteiger partial charge in [-0.25, -0.2) is 0 Å². The SMILES string of the molecule is COCCNCC1(CCCOCCOC)CCOC1. The standard InChI is InChI=1S/C14H29NO4/c1-16-9-6-15-12-14(5-8-19-13-14)4-3-7-18-11-10-17-2/h15H,3-13H2,1-2H3. The predicted octanol–water partition coefficient (Wildman–Crippen LogP) is 1.07. The van der Waals surface area contributed by atoms with Gasteiger partial charge in [0.15, 0.2) is 0 Å². The van der Waals surface area contributed by atoms with Crippen LogP contribution in [0.25, 0.3) is 0 Å². The van der Waals surface area contributed by atoms with E-state index >= 15 is 0 Å². The molecule has 0 aromatic heterocycles. The molecule has 5 nitrogen and oxygen atoms in total. The quantitative estimate of drug-likeness (QED) is 0.540. The van der Waals surface area contributed by atoms with Crippen molar-refractivity contribution in [3.63, 3.8) is 0 Å². The van der Waals surface area contributed by atoms with Crippen LogP contribution in [0.4, 0.5) is 0 Å². The van der Waals surface area contributed by atoms with Gasteiger partial charge in [-0.3, -0.25) is 0 Å². The second kappa shape index (κ2) is 10.6. The van der Waals surface area contributed by atoms with Gasteiger partial charge in [-0.15, -0.1) is 0 Å². The number of methoxy groups -OCH3 is 2. The predicted molar refractivity (Wildman–Crippen MR) is 74.5 cm³/mol. The number of nitrogens with one attached hydrogen (secondary N) is 1. The van der Waals surface area contributed by atoms with E-state index in [9.17, 15) is 0 Å². The molecule has 1 N–H and O–H groups in total. The molecule has 19 heavy (non-hydrogen) atoms. The molecule has 0 saturated carbocycles. The second-order valence-corrected chi connectivity index (χ2v) is 5.18. The largest absolute Gasteiger partial charge is 0.383 e. The zero-order valence-electron chi connectivity index (χ0n) is 12.4. The highest BCUT2D eigenvalue weighted by Crippen LogP contribution is 2.32. The van der Waals surface area contributed by atoms with Crippen molar-refractivity contribution >= 4 is 0 Å². The van der Waals surface area contributed by atoms with E-state index in [4.69, 9.17) is 18.9 Å². The topological polar surface area (TPSA) is 49.0 Å². The molecule has 0 aromatic carbocycles. The summed E-state index contributed by atoms with van der Waals surface area (Å²) in [6.07, 6.45) is 3.38. The molecule has 0 aromatic rings. The van der Waals surface area contributed by atoms with Crippen LogP contribution < -0.4 is 5.32 Å². The minimum absolute atomic E-state index is 0.290. The van der Waals surface area contributed by atoms with Crippen LogP contribution in [0.2, 0.25) is 0 Å². The number of ether oxygens (including phenoxy) is 4. The van der Waals surface area contributed by atoms with Crippen LogP contribution in [0, 0.1) is 5.41 Å². The average Bonchev–Trinajstić information content (AvgIpc) is 2.88. The van der Waals surface area contributed by atoms with Gasteiger partial charge >= 0.3 is 0 Å². The Bertz CT molecular complexity index is 208. The summed E-state index contributed by atoms with van der Waals surface area (Å²) < 4.78 is 21.1. The molecule has 0 aliphatic carbocycles. The molecule has 114 valence electrons. The molecule has 1 heterocycles. The summed E-state index contributed by atoms with van der Waals surface area (Å²) in [4.78, 5) is 0. The Balaban J connectivity index is 2.12. The van der Waals surface area contributed by atoms with E-state index in [0.29, 0.717) is 18.6 Å². The Morgan fingerprint density at radius 3 is 2.63 bits per heavy atom. The van der Waals surface area contributed by atoms with Crippen LogP contribution in [0.15, 0.2) is 0 Å². The van der Waals surface area contributed by atoms with E-state index in [0.717, 1.165) is 58.8 Å². The van der Waals surface area contributed by atoms with Crippen molar-refractivity contribution in [2.45, 2.75) is 19.3 Å². The summed E-state index contributed by atoms with van der Waals surface area (Å²) in [6, 6.07) is 0. The first kappa shape index (κ1) is 16.9. The third-order valence-electron chi connectivity index (χ3n) is 3.60. The molecule has 1 aliphatic heterocycles. The third kappa shape index (κ3) is 7.22. The van der Waals surface area contributed by atoms with Crippen molar-refractivity contribution in [3.05, 3.63) is 0 Å². The van der Waals surface area contributed by atoms with Crippen LogP contribution in [-0.2, 0) is 18.9 Å². The minimum atomic E-state index is 0.290. The van der Waals surface area contributed by atoms with E-state index in [1.165, 1.54) is 0 Å². The summed E-state index contributed by atoms with van der Waals surface area (Å²) in [5.41, 5.74) is 0.290. The molecule has 1 unspecified atom stereocenters. The molecule has 5 heteroatoms. The molecule has 1 aliphatic rings. The second-order valence-electron chi connectivity index (χ2n) is 5.18. The smallest absolute Gasteiger partial charge is 0.0700 e. The number of rotatable bonds is 12. The van der Waals surface area contributed by atoms with Gasteiger partial charge in [-0.1, -0.05) is 0 Å². The normalized spacial score (nSPS) is 23.1. The Hall–Kier alpha value is -0.200. The Morgan fingerprint density at radius 1 is 1.11 bits per heavy atom. The Kier molecular flexibility index (Phi) is 9.38. The van der Waals surface area contributed by atoms with Gasteiger partial charge in [0.25, 0.3) is 0 Å². The van der Waals surface area contributed by atoms with Crippen molar-refractivity contribution in [1.82, 2.24) is 5.32 Å². The molecule has 0 radical (unpaired) electrons. The third-order valence-corrected chi connectivity index (χ3v) is 3.60. The van der Waals surface area contributed by atoms with E-state index in [1.54, 1.807) is 14.2 Å². The highest BCUT2D eigenvalue weighted by molar-refractivity contribution is 4.85. The van der Waals surface area contributed by atoms with Crippen molar-refractivity contribution in [1.29, 1.82) is 0 Å². The van der Waals surface area contributed by atoms with E-state index < -0.39 is 0 Å². The summed E-state index contributed by atoms with van der Waals surface area (Å²) in [6.45, 7) is 6.59. The first-order valence-corrected chi connectivity index (χ1v) is 7.17. The summed E-state index contributed by atoms with van der Waals surface area (Å²) in [5.74, 6) is 0. The van der Waals surface area contributed by atoms with E-state index in [2.05, 4.69) is 5.32 Å². The first-order chi connectivity index (χ1) is 9.33. The van der Waals surface area contributed by atoms with Gasteiger partial charge < -0.3 is 24.3 Å². The van der Waals surface area contributed by atoms with Crippen LogP contribution in [-0.4, -0.2) is 67.0 Å². The van der Waals surface area contributed by atoms with Crippen molar-refractivity contribution < 1.29 is 18.9 Å². The van der Waals surface area contributed by atoms with Crippen LogP contribution >= 0.6 is 0 Å². The fourth-order valence-electron chi connectivity index (χ4n) is 2.40. The number of hydrogen-bond acceptors (Lipinski definition) is 5. The van der Waals surface area contributed by atoms with Gasteiger partial charge in [-0.05, 0) is 19.3 Å². The lowest BCUT2D eigenvalue weighted by Gasteiger charge is -2.27. The van der Waals surface area contributed by atoms with Crippen LogP contribution in [0.3, 0.4) is 0 Å². The highest BCUT2D eigenvalue weighted by atomic mass is 16.5. The van der Waals surface area contributed by atoms with Crippen molar-refractivity contribution in [2.24, 2.45) is 5.41 Å². The molecule has 0 spiro atoms. The number of hydrogen-bond donors (Lipinski definition) is 1. The first-order valence-electron chi connectivity index (χ1n) is 7.17. The van der Waals surface area contributed by atoms with Gasteiger partial charge in [0.2, 0.25) is 0 Å². The minimum Gasteiger partial charge on any atom is -0.383 e. The lowest BCUT2D eigenvalue weighted by Crippen LogP contribution is -2.36. The molecule has 1 saturated heterocycles. The average molecular weight is 275 g/mol. The van der Waals surface area contributed by atoms with Gasteiger partial charge in [0.1, 0.15) is 0 Å². The van der Waals surface area contributed by atoms with E-state index in [1.807, 2.05) is 0 Å². The molecular weight excluding hydrogens is 246 g/mol. The molecule has 1 atom stereocenters. The molecule has 0 bridgehead atoms. The van der Waals surface area contributed by atoms with Crippen molar-refractivity contribution in [2.75, 3.05) is 67.0 Å². The van der Waals surface area contributed by atoms with E-state index in [-0.39, 0.29) is 0 Å². The zero-order chi connectivity index (χ0) is 13.8. The highest BCUT2D eigenvalue weighted by Gasteiger charge is 2.33. The molecule has 1 fully saturated rings. The van der Waals surface area contributed by atoms with Crippen molar-refractivity contribution in [3.8, 4) is 0 Å². The summed E-state index contributed by atoms with van der Waals surface area (Å²) in [5, 5.41) is 3.46. The van der Waals surface area contributed by atoms with Crippen LogP contribution in [0.1, 0.15) is 19.3 Å². The van der Waals surface area contributed by atoms with Crippen LogP contribution in [0.5, 0.6) is 0 Å². The fourth-order valence-corrected chi connectivity index (χ4v) is 2.40. The Morgan fingerprint density at radius 2 is 1.95 bits per heavy atom. The summed E-state index contributed by atoms with van der Waals surface area (Å²) in [7, 11) is 3.42. The van der Waals surface area contributed by atoms with Gasteiger partial charge in [0.05, 0.1) is 26.4 Å². The summed E-state index contributed by atoms with van der Waals surface area (Å²) >= 11 is 0. The Labute approximate surface area is 116 Å². The molecular formula is C14H29NO4. The molecule has 0 amide bonds. The maximum atomic E-state index is 5.58. The van der Waals surface area contributed by atoms with Gasteiger partial charge in [0, 0.05) is 45.9 Å². The lowest BCUT2D eigenvalue weighted by molar-refractivity contribution is 0.0612. The van der Waals surface area contributed by atoms with Gasteiger partial charge in [-0.2, -0.15) is 0 Å². The zero-order valence-corrected chi connectivity index (χ0v) is 12.4. The lowest BCUT2D eigenvalue weighted by atomic mass is 9.82. The maximum absolute atomic E-state index is 5.58. The maximum Gasteiger partial charge on any atom is 0.0700 e.